The van der Waals surface area contributed by atoms with E-state index in [0.717, 1.165) is 18.4 Å². The Bertz CT molecular complexity index is 377. The van der Waals surface area contributed by atoms with Gasteiger partial charge in [0, 0.05) is 6.08 Å². The molecule has 0 unspecified atom stereocenters. The predicted molar refractivity (Wildman–Crippen MR) is 70.5 cm³/mol. The number of carbonyl (C=O) groups is 1. The second-order valence-electron chi connectivity index (χ2n) is 3.58. The third-order valence-corrected chi connectivity index (χ3v) is 2.14. The third kappa shape index (κ3) is 6.36. The normalized spacial score (nSPS) is 11.1. The van der Waals surface area contributed by atoms with E-state index in [-0.39, 0.29) is 5.97 Å². The zero-order valence-corrected chi connectivity index (χ0v) is 10.1. The number of hydrogen-bond donors (Lipinski definition) is 0. The molecule has 90 valence electrons. The molecule has 0 aliphatic carbocycles. The molecule has 0 N–H and O–H groups in total. The van der Waals surface area contributed by atoms with Crippen molar-refractivity contribution in [2.24, 2.45) is 0 Å². The fraction of sp³-hybridized carbons (Fsp3) is 0.267. The van der Waals surface area contributed by atoms with Crippen molar-refractivity contribution < 1.29 is 9.53 Å². The molecular weight excluding hydrogens is 212 g/mol. The van der Waals surface area contributed by atoms with Gasteiger partial charge in [0.1, 0.15) is 0 Å². The molecule has 0 spiro atoms. The van der Waals surface area contributed by atoms with Gasteiger partial charge >= 0.3 is 5.97 Å². The number of rotatable bonds is 6. The Morgan fingerprint density at radius 1 is 1.24 bits per heavy atom. The van der Waals surface area contributed by atoms with Crippen LogP contribution in [0, 0.1) is 0 Å². The number of ether oxygens (including phenoxy) is 1. The lowest BCUT2D eigenvalue weighted by atomic mass is 10.2. The highest BCUT2D eigenvalue weighted by molar-refractivity contribution is 5.86. The van der Waals surface area contributed by atoms with Crippen LogP contribution in [0.5, 0.6) is 0 Å². The van der Waals surface area contributed by atoms with E-state index in [1.807, 2.05) is 36.4 Å². The van der Waals surface area contributed by atoms with Crippen LogP contribution >= 0.6 is 0 Å². The van der Waals surface area contributed by atoms with Crippen LogP contribution in [0.4, 0.5) is 0 Å². The highest BCUT2D eigenvalue weighted by Gasteiger charge is 1.94. The molecule has 0 amide bonds. The van der Waals surface area contributed by atoms with E-state index >= 15 is 0 Å². The molecule has 2 heteroatoms. The Balaban J connectivity index is 2.25. The summed E-state index contributed by atoms with van der Waals surface area (Å²) in [5, 5.41) is 0. The minimum Gasteiger partial charge on any atom is -0.462 e. The van der Waals surface area contributed by atoms with Crippen molar-refractivity contribution in [2.75, 3.05) is 6.61 Å². The summed E-state index contributed by atoms with van der Waals surface area (Å²) in [6.45, 7) is 2.51. The fourth-order valence-corrected chi connectivity index (χ4v) is 1.29. The molecular formula is C15H18O2. The lowest BCUT2D eigenvalue weighted by Gasteiger charge is -1.98. The van der Waals surface area contributed by atoms with Gasteiger partial charge in [-0.3, -0.25) is 0 Å². The Morgan fingerprint density at radius 2 is 2.00 bits per heavy atom. The van der Waals surface area contributed by atoms with E-state index in [4.69, 9.17) is 4.74 Å². The first-order chi connectivity index (χ1) is 8.33. The first kappa shape index (κ1) is 13.2. The number of esters is 1. The van der Waals surface area contributed by atoms with Crippen molar-refractivity contribution in [3.05, 3.63) is 54.1 Å². The van der Waals surface area contributed by atoms with Crippen molar-refractivity contribution >= 4 is 12.0 Å². The van der Waals surface area contributed by atoms with E-state index in [0.29, 0.717) is 6.61 Å². The summed E-state index contributed by atoms with van der Waals surface area (Å²) < 4.78 is 5.03. The van der Waals surface area contributed by atoms with E-state index in [1.54, 1.807) is 6.08 Å². The minimum absolute atomic E-state index is 0.293. The van der Waals surface area contributed by atoms with Gasteiger partial charge in [0.05, 0.1) is 6.61 Å². The highest BCUT2D eigenvalue weighted by atomic mass is 16.5. The number of allylic oxidation sites excluding steroid dienone is 1. The molecule has 2 nitrogen and oxygen atoms in total. The Morgan fingerprint density at radius 3 is 2.71 bits per heavy atom. The molecule has 1 aromatic rings. The summed E-state index contributed by atoms with van der Waals surface area (Å²) in [5.74, 6) is -0.293. The van der Waals surface area contributed by atoms with E-state index in [1.165, 1.54) is 6.08 Å². The Hall–Kier alpha value is -1.83. The van der Waals surface area contributed by atoms with Crippen LogP contribution in [0.3, 0.4) is 0 Å². The summed E-state index contributed by atoms with van der Waals surface area (Å²) in [5.41, 5.74) is 0.996. The van der Waals surface area contributed by atoms with Gasteiger partial charge in [-0.05, 0) is 24.5 Å². The summed E-state index contributed by atoms with van der Waals surface area (Å²) in [4.78, 5) is 11.3. The molecule has 1 aromatic carbocycles. The molecule has 0 saturated heterocycles. The van der Waals surface area contributed by atoms with Gasteiger partial charge in [0.15, 0.2) is 0 Å². The molecule has 0 aromatic heterocycles. The summed E-state index contributed by atoms with van der Waals surface area (Å²) >= 11 is 0. The summed E-state index contributed by atoms with van der Waals surface area (Å²) in [7, 11) is 0. The Labute approximate surface area is 103 Å². The van der Waals surface area contributed by atoms with Crippen LogP contribution in [-0.4, -0.2) is 12.6 Å². The van der Waals surface area contributed by atoms with E-state index in [9.17, 15) is 4.79 Å². The monoisotopic (exact) mass is 230 g/mol. The van der Waals surface area contributed by atoms with Gasteiger partial charge in [-0.2, -0.15) is 0 Å². The van der Waals surface area contributed by atoms with Gasteiger partial charge in [-0.15, -0.1) is 0 Å². The predicted octanol–water partition coefficient (Wildman–Crippen LogP) is 3.60. The zero-order chi connectivity index (χ0) is 12.3. The van der Waals surface area contributed by atoms with Gasteiger partial charge in [0.2, 0.25) is 0 Å². The molecule has 0 aliphatic rings. The van der Waals surface area contributed by atoms with Gasteiger partial charge in [0.25, 0.3) is 0 Å². The van der Waals surface area contributed by atoms with Crippen molar-refractivity contribution in [1.29, 1.82) is 0 Å². The van der Waals surface area contributed by atoms with Crippen LogP contribution < -0.4 is 0 Å². The number of hydrogen-bond acceptors (Lipinski definition) is 2. The largest absolute Gasteiger partial charge is 0.462 e. The molecule has 0 heterocycles. The van der Waals surface area contributed by atoms with Crippen molar-refractivity contribution in [1.82, 2.24) is 0 Å². The van der Waals surface area contributed by atoms with Crippen LogP contribution in [0.2, 0.25) is 0 Å². The maximum Gasteiger partial charge on any atom is 0.330 e. The molecule has 17 heavy (non-hydrogen) atoms. The highest BCUT2D eigenvalue weighted by Crippen LogP contribution is 2.01. The van der Waals surface area contributed by atoms with Crippen molar-refractivity contribution in [2.45, 2.75) is 19.8 Å². The number of carbonyl (C=O) groups excluding carboxylic acids is 1. The molecule has 0 saturated carbocycles. The third-order valence-electron chi connectivity index (χ3n) is 2.14. The number of benzene rings is 1. The fourth-order valence-electron chi connectivity index (χ4n) is 1.29. The zero-order valence-electron chi connectivity index (χ0n) is 10.1. The first-order valence-electron chi connectivity index (χ1n) is 5.88. The van der Waals surface area contributed by atoms with Crippen molar-refractivity contribution in [3.8, 4) is 0 Å². The lowest BCUT2D eigenvalue weighted by Crippen LogP contribution is -2.01. The maximum absolute atomic E-state index is 11.3. The second kappa shape index (κ2) is 8.34. The van der Waals surface area contributed by atoms with Crippen LogP contribution in [-0.2, 0) is 9.53 Å². The smallest absolute Gasteiger partial charge is 0.330 e. The van der Waals surface area contributed by atoms with Crippen LogP contribution in [0.15, 0.2) is 48.6 Å². The van der Waals surface area contributed by atoms with Gasteiger partial charge in [-0.1, -0.05) is 49.4 Å². The quantitative estimate of drug-likeness (QED) is 0.323. The molecule has 0 aliphatic heterocycles. The SMILES string of the molecule is CC/C=C/CCOC(=O)/C=C\c1ccccc1. The van der Waals surface area contributed by atoms with Crippen LogP contribution in [0.25, 0.3) is 6.08 Å². The summed E-state index contributed by atoms with van der Waals surface area (Å²) in [6, 6.07) is 9.68. The second-order valence-corrected chi connectivity index (χ2v) is 3.58. The average Bonchev–Trinajstić information content (AvgIpc) is 2.37. The topological polar surface area (TPSA) is 26.3 Å². The van der Waals surface area contributed by atoms with E-state index in [2.05, 4.69) is 13.0 Å². The maximum atomic E-state index is 11.3. The molecule has 0 fully saturated rings. The molecule has 1 rings (SSSR count). The summed E-state index contributed by atoms with van der Waals surface area (Å²) in [6.07, 6.45) is 9.09. The van der Waals surface area contributed by atoms with Gasteiger partial charge in [-0.25, -0.2) is 4.79 Å². The standard InChI is InChI=1S/C15H18O2/c1-2-3-4-8-13-17-15(16)12-11-14-9-6-5-7-10-14/h3-7,9-12H,2,8,13H2,1H3/b4-3+,12-11-. The van der Waals surface area contributed by atoms with E-state index < -0.39 is 0 Å². The van der Waals surface area contributed by atoms with Crippen LogP contribution in [0.1, 0.15) is 25.3 Å². The van der Waals surface area contributed by atoms with Gasteiger partial charge < -0.3 is 4.74 Å². The average molecular weight is 230 g/mol. The minimum atomic E-state index is -0.293. The molecule has 0 radical (unpaired) electrons. The van der Waals surface area contributed by atoms with Crippen molar-refractivity contribution in [3.63, 3.8) is 0 Å². The Kier molecular flexibility index (Phi) is 6.49. The first-order valence-corrected chi connectivity index (χ1v) is 5.88. The molecule has 0 bridgehead atoms. The molecule has 0 atom stereocenters. The lowest BCUT2D eigenvalue weighted by molar-refractivity contribution is -0.137.